The second kappa shape index (κ2) is 5.98. The number of rotatable bonds is 3. The molecule has 122 valence electrons. The van der Waals surface area contributed by atoms with Gasteiger partial charge in [0.2, 0.25) is 0 Å². The van der Waals surface area contributed by atoms with Gasteiger partial charge < -0.3 is 0 Å². The van der Waals surface area contributed by atoms with E-state index in [1.54, 1.807) is 10.7 Å². The molecule has 0 aliphatic carbocycles. The number of carbonyl (C=O) groups excluding carboxylic acids is 1. The molecular weight excluding hydrogens is 310 g/mol. The Labute approximate surface area is 145 Å². The highest BCUT2D eigenvalue weighted by atomic mass is 16.1. The van der Waals surface area contributed by atoms with Gasteiger partial charge in [0.1, 0.15) is 0 Å². The third kappa shape index (κ3) is 2.52. The van der Waals surface area contributed by atoms with E-state index < -0.39 is 0 Å². The van der Waals surface area contributed by atoms with Gasteiger partial charge in [0.25, 0.3) is 0 Å². The van der Waals surface area contributed by atoms with Crippen LogP contribution >= 0.6 is 0 Å². The summed E-state index contributed by atoms with van der Waals surface area (Å²) in [6, 6.07) is 19.3. The Bertz CT molecular complexity index is 1070. The highest BCUT2D eigenvalue weighted by molar-refractivity contribution is 6.09. The van der Waals surface area contributed by atoms with Gasteiger partial charge in [-0.25, -0.2) is 9.50 Å². The van der Waals surface area contributed by atoms with Crippen LogP contribution in [0.5, 0.6) is 0 Å². The second-order valence-electron chi connectivity index (χ2n) is 6.01. The van der Waals surface area contributed by atoms with E-state index in [-0.39, 0.29) is 5.78 Å². The molecule has 0 unspecified atom stereocenters. The van der Waals surface area contributed by atoms with Crippen molar-refractivity contribution in [3.8, 4) is 11.1 Å². The van der Waals surface area contributed by atoms with Crippen LogP contribution in [0, 0.1) is 13.8 Å². The van der Waals surface area contributed by atoms with Gasteiger partial charge in [-0.15, -0.1) is 0 Å². The van der Waals surface area contributed by atoms with Gasteiger partial charge in [-0.1, -0.05) is 60.7 Å². The first kappa shape index (κ1) is 15.3. The lowest BCUT2D eigenvalue weighted by Gasteiger charge is -2.07. The van der Waals surface area contributed by atoms with E-state index in [1.165, 1.54) is 0 Å². The van der Waals surface area contributed by atoms with Crippen LogP contribution in [0.3, 0.4) is 0 Å². The van der Waals surface area contributed by atoms with Crippen LogP contribution in [-0.2, 0) is 0 Å². The SMILES string of the molecule is Cc1nn2c(C)c(C(=O)c3ccccc3)cnc2c1-c1ccccc1. The summed E-state index contributed by atoms with van der Waals surface area (Å²) in [6.07, 6.45) is 1.66. The lowest BCUT2D eigenvalue weighted by molar-refractivity contribution is 0.103. The minimum absolute atomic E-state index is 0.0399. The highest BCUT2D eigenvalue weighted by Gasteiger charge is 2.19. The van der Waals surface area contributed by atoms with Gasteiger partial charge in [0, 0.05) is 17.3 Å². The first-order chi connectivity index (χ1) is 12.2. The molecular formula is C21H17N3O. The molecule has 4 heteroatoms. The van der Waals surface area contributed by atoms with Gasteiger partial charge in [-0.2, -0.15) is 5.10 Å². The molecule has 0 radical (unpaired) electrons. The lowest BCUT2D eigenvalue weighted by atomic mass is 10.0. The first-order valence-corrected chi connectivity index (χ1v) is 8.17. The van der Waals surface area contributed by atoms with Crippen LogP contribution in [0.2, 0.25) is 0 Å². The quantitative estimate of drug-likeness (QED) is 0.529. The molecule has 2 heterocycles. The summed E-state index contributed by atoms with van der Waals surface area (Å²) in [5.41, 5.74) is 5.76. The topological polar surface area (TPSA) is 47.3 Å². The minimum atomic E-state index is -0.0399. The van der Waals surface area contributed by atoms with Gasteiger partial charge in [-0.05, 0) is 19.4 Å². The summed E-state index contributed by atoms with van der Waals surface area (Å²) in [5.74, 6) is -0.0399. The van der Waals surface area contributed by atoms with Gasteiger partial charge >= 0.3 is 0 Å². The molecule has 2 aromatic carbocycles. The summed E-state index contributed by atoms with van der Waals surface area (Å²) in [4.78, 5) is 17.4. The summed E-state index contributed by atoms with van der Waals surface area (Å²) >= 11 is 0. The Morgan fingerprint density at radius 2 is 1.56 bits per heavy atom. The molecule has 0 amide bonds. The fourth-order valence-electron chi connectivity index (χ4n) is 3.11. The zero-order valence-electron chi connectivity index (χ0n) is 14.1. The van der Waals surface area contributed by atoms with Crippen LogP contribution < -0.4 is 0 Å². The third-order valence-corrected chi connectivity index (χ3v) is 4.40. The fraction of sp³-hybridized carbons (Fsp3) is 0.0952. The molecule has 0 aliphatic rings. The zero-order chi connectivity index (χ0) is 17.4. The summed E-state index contributed by atoms with van der Waals surface area (Å²) in [7, 11) is 0. The van der Waals surface area contributed by atoms with Crippen molar-refractivity contribution in [2.45, 2.75) is 13.8 Å². The Kier molecular flexibility index (Phi) is 3.65. The molecule has 0 spiro atoms. The largest absolute Gasteiger partial charge is 0.288 e. The van der Waals surface area contributed by atoms with Crippen molar-refractivity contribution in [2.75, 3.05) is 0 Å². The number of aryl methyl sites for hydroxylation is 2. The smallest absolute Gasteiger partial charge is 0.196 e. The maximum atomic E-state index is 12.8. The van der Waals surface area contributed by atoms with Crippen LogP contribution in [-0.4, -0.2) is 20.4 Å². The molecule has 0 aliphatic heterocycles. The van der Waals surface area contributed by atoms with Crippen LogP contribution in [0.1, 0.15) is 27.3 Å². The van der Waals surface area contributed by atoms with E-state index >= 15 is 0 Å². The van der Waals surface area contributed by atoms with Crippen molar-refractivity contribution in [1.82, 2.24) is 14.6 Å². The number of carbonyl (C=O) groups is 1. The third-order valence-electron chi connectivity index (χ3n) is 4.40. The number of hydrogen-bond acceptors (Lipinski definition) is 3. The standard InChI is InChI=1S/C21H17N3O/c1-14-19(16-9-5-3-6-10-16)21-22-13-18(15(2)24(21)23-14)20(25)17-11-7-4-8-12-17/h3-13H,1-2H3. The molecule has 0 saturated carbocycles. The van der Waals surface area contributed by atoms with Crippen molar-refractivity contribution in [1.29, 1.82) is 0 Å². The van der Waals surface area contributed by atoms with Gasteiger partial charge in [0.05, 0.1) is 17.0 Å². The number of nitrogens with zero attached hydrogens (tertiary/aromatic N) is 3. The van der Waals surface area contributed by atoms with Crippen molar-refractivity contribution in [3.63, 3.8) is 0 Å². The highest BCUT2D eigenvalue weighted by Crippen LogP contribution is 2.28. The molecule has 2 aromatic heterocycles. The molecule has 4 nitrogen and oxygen atoms in total. The average molecular weight is 327 g/mol. The Hall–Kier alpha value is -3.27. The van der Waals surface area contributed by atoms with Crippen molar-refractivity contribution >= 4 is 11.4 Å². The first-order valence-electron chi connectivity index (χ1n) is 8.17. The van der Waals surface area contributed by atoms with Crippen LogP contribution in [0.15, 0.2) is 66.9 Å². The number of aromatic nitrogens is 3. The normalized spacial score (nSPS) is 11.0. The average Bonchev–Trinajstić information content (AvgIpc) is 3.00. The zero-order valence-corrected chi connectivity index (χ0v) is 14.1. The Morgan fingerprint density at radius 1 is 0.920 bits per heavy atom. The van der Waals surface area contributed by atoms with Crippen molar-refractivity contribution < 1.29 is 4.79 Å². The van der Waals surface area contributed by atoms with E-state index in [4.69, 9.17) is 0 Å². The fourth-order valence-corrected chi connectivity index (χ4v) is 3.11. The summed E-state index contributed by atoms with van der Waals surface area (Å²) in [6.45, 7) is 3.88. The molecule has 0 fully saturated rings. The number of hydrogen-bond donors (Lipinski definition) is 0. The molecule has 4 aromatic rings. The Balaban J connectivity index is 1.89. The molecule has 4 rings (SSSR count). The molecule has 0 atom stereocenters. The predicted molar refractivity (Wildman–Crippen MR) is 97.8 cm³/mol. The minimum Gasteiger partial charge on any atom is -0.288 e. The van der Waals surface area contributed by atoms with E-state index in [0.717, 1.165) is 28.2 Å². The predicted octanol–water partition coefficient (Wildman–Crippen LogP) is 4.24. The van der Waals surface area contributed by atoms with Crippen molar-refractivity contribution in [3.05, 3.63) is 89.4 Å². The molecule has 0 saturated heterocycles. The molecule has 25 heavy (non-hydrogen) atoms. The maximum absolute atomic E-state index is 12.8. The Morgan fingerprint density at radius 3 is 2.24 bits per heavy atom. The van der Waals surface area contributed by atoms with E-state index in [1.807, 2.05) is 74.5 Å². The van der Waals surface area contributed by atoms with Crippen LogP contribution in [0.25, 0.3) is 16.8 Å². The van der Waals surface area contributed by atoms with Gasteiger partial charge in [-0.3, -0.25) is 4.79 Å². The summed E-state index contributed by atoms with van der Waals surface area (Å²) in [5, 5.41) is 4.63. The van der Waals surface area contributed by atoms with E-state index in [9.17, 15) is 4.79 Å². The van der Waals surface area contributed by atoms with E-state index in [0.29, 0.717) is 11.1 Å². The van der Waals surface area contributed by atoms with Crippen LogP contribution in [0.4, 0.5) is 0 Å². The monoisotopic (exact) mass is 327 g/mol. The van der Waals surface area contributed by atoms with Crippen molar-refractivity contribution in [2.24, 2.45) is 0 Å². The summed E-state index contributed by atoms with van der Waals surface area (Å²) < 4.78 is 1.77. The number of ketones is 1. The number of fused-ring (bicyclic) bond motifs is 1. The second-order valence-corrected chi connectivity index (χ2v) is 6.01. The van der Waals surface area contributed by atoms with E-state index in [2.05, 4.69) is 10.1 Å². The number of benzene rings is 2. The van der Waals surface area contributed by atoms with Gasteiger partial charge in [0.15, 0.2) is 11.4 Å². The lowest BCUT2D eigenvalue weighted by Crippen LogP contribution is -2.09. The molecule has 0 bridgehead atoms. The maximum Gasteiger partial charge on any atom is 0.196 e. The molecule has 0 N–H and O–H groups in total.